The summed E-state index contributed by atoms with van der Waals surface area (Å²) in [5, 5.41) is 1.99. The molecule has 0 radical (unpaired) electrons. The number of rotatable bonds is 4. The van der Waals surface area contributed by atoms with E-state index in [4.69, 9.17) is 4.99 Å². The molecule has 0 saturated carbocycles. The van der Waals surface area contributed by atoms with Crippen molar-refractivity contribution in [2.24, 2.45) is 12.0 Å². The monoisotopic (exact) mass is 479 g/mol. The molecule has 1 aromatic heterocycles. The van der Waals surface area contributed by atoms with Crippen molar-refractivity contribution in [1.29, 1.82) is 0 Å². The summed E-state index contributed by atoms with van der Waals surface area (Å²) in [6, 6.07) is 11.2. The molecule has 0 amide bonds. The normalized spacial score (nSPS) is 12.8. The zero-order valence-corrected chi connectivity index (χ0v) is 19.6. The first-order valence-corrected chi connectivity index (χ1v) is 11.7. The van der Waals surface area contributed by atoms with Crippen molar-refractivity contribution >= 4 is 43.0 Å². The molecule has 5 nitrogen and oxygen atoms in total. The predicted molar refractivity (Wildman–Crippen MR) is 118 cm³/mol. The van der Waals surface area contributed by atoms with Crippen LogP contribution in [0.2, 0.25) is 0 Å². The van der Waals surface area contributed by atoms with Crippen LogP contribution < -0.4 is 4.80 Å². The van der Waals surface area contributed by atoms with Crippen LogP contribution >= 0.6 is 27.3 Å². The van der Waals surface area contributed by atoms with Gasteiger partial charge in [-0.15, -0.1) is 11.3 Å². The third kappa shape index (κ3) is 4.00. The first-order valence-electron chi connectivity index (χ1n) is 8.60. The van der Waals surface area contributed by atoms with Crippen LogP contribution in [0.25, 0.3) is 11.3 Å². The Labute approximate surface area is 178 Å². The second-order valence-corrected chi connectivity index (χ2v) is 10.6. The largest absolute Gasteiger partial charge is 0.320 e. The minimum Gasteiger partial charge on any atom is -0.320 e. The lowest BCUT2D eigenvalue weighted by molar-refractivity contribution is 0.521. The van der Waals surface area contributed by atoms with Gasteiger partial charge >= 0.3 is 0 Å². The Hall–Kier alpha value is -1.74. The Morgan fingerprint density at radius 3 is 2.46 bits per heavy atom. The second kappa shape index (κ2) is 7.94. The van der Waals surface area contributed by atoms with Gasteiger partial charge in [0, 0.05) is 36.6 Å². The molecule has 0 saturated heterocycles. The molecular weight excluding hydrogens is 458 g/mol. The van der Waals surface area contributed by atoms with Crippen LogP contribution in [0.15, 0.2) is 56.1 Å². The smallest absolute Gasteiger partial charge is 0.242 e. The maximum Gasteiger partial charge on any atom is 0.242 e. The van der Waals surface area contributed by atoms with Crippen LogP contribution in [0.4, 0.5) is 5.69 Å². The van der Waals surface area contributed by atoms with Gasteiger partial charge in [0.05, 0.1) is 16.3 Å². The molecule has 0 bridgehead atoms. The van der Waals surface area contributed by atoms with Crippen LogP contribution in [0.3, 0.4) is 0 Å². The number of halogens is 1. The first kappa shape index (κ1) is 21.0. The van der Waals surface area contributed by atoms with Gasteiger partial charge in [-0.25, -0.2) is 17.7 Å². The van der Waals surface area contributed by atoms with Gasteiger partial charge in [0.25, 0.3) is 0 Å². The fourth-order valence-electron chi connectivity index (χ4n) is 2.82. The Bertz CT molecular complexity index is 1210. The summed E-state index contributed by atoms with van der Waals surface area (Å²) in [6.45, 7) is 4.11. The summed E-state index contributed by atoms with van der Waals surface area (Å²) in [6.07, 6.45) is 0. The molecule has 8 heteroatoms. The zero-order valence-electron chi connectivity index (χ0n) is 16.4. The van der Waals surface area contributed by atoms with Crippen molar-refractivity contribution in [2.75, 3.05) is 14.1 Å². The highest BCUT2D eigenvalue weighted by Crippen LogP contribution is 2.31. The van der Waals surface area contributed by atoms with E-state index in [0.29, 0.717) is 0 Å². The van der Waals surface area contributed by atoms with E-state index in [-0.39, 0.29) is 4.90 Å². The number of thiazole rings is 1. The van der Waals surface area contributed by atoms with E-state index in [1.54, 1.807) is 18.2 Å². The molecule has 2 aromatic carbocycles. The van der Waals surface area contributed by atoms with Crippen molar-refractivity contribution < 1.29 is 8.42 Å². The highest BCUT2D eigenvalue weighted by atomic mass is 79.9. The van der Waals surface area contributed by atoms with Crippen molar-refractivity contribution in [3.05, 3.63) is 62.2 Å². The minimum atomic E-state index is -3.51. The SMILES string of the molecule is Cc1ccc(N=c2scc(-c3cc(S(=O)(=O)N(C)C)ccc3Br)n2C)c(C)c1. The van der Waals surface area contributed by atoms with Crippen molar-refractivity contribution in [3.8, 4) is 11.3 Å². The van der Waals surface area contributed by atoms with E-state index in [1.165, 1.54) is 35.3 Å². The fourth-order valence-corrected chi connectivity index (χ4v) is 5.11. The topological polar surface area (TPSA) is 54.7 Å². The first-order chi connectivity index (χ1) is 13.1. The van der Waals surface area contributed by atoms with Gasteiger partial charge in [0.1, 0.15) is 0 Å². The lowest BCUT2D eigenvalue weighted by Gasteiger charge is -2.13. The van der Waals surface area contributed by atoms with Crippen LogP contribution in [0, 0.1) is 13.8 Å². The molecule has 0 fully saturated rings. The van der Waals surface area contributed by atoms with Gasteiger partial charge in [-0.2, -0.15) is 0 Å². The third-order valence-electron chi connectivity index (χ3n) is 4.48. The van der Waals surface area contributed by atoms with E-state index in [9.17, 15) is 8.42 Å². The van der Waals surface area contributed by atoms with Gasteiger partial charge in [-0.05, 0) is 43.7 Å². The molecule has 0 spiro atoms. The number of hydrogen-bond donors (Lipinski definition) is 0. The lowest BCUT2D eigenvalue weighted by atomic mass is 10.1. The maximum atomic E-state index is 12.5. The maximum absolute atomic E-state index is 12.5. The summed E-state index contributed by atoms with van der Waals surface area (Å²) in [7, 11) is 1.49. The number of benzene rings is 2. The van der Waals surface area contributed by atoms with Crippen molar-refractivity contribution in [1.82, 2.24) is 8.87 Å². The zero-order chi connectivity index (χ0) is 20.6. The van der Waals surface area contributed by atoms with Crippen molar-refractivity contribution in [2.45, 2.75) is 18.7 Å². The molecule has 3 rings (SSSR count). The number of aromatic nitrogens is 1. The molecule has 28 heavy (non-hydrogen) atoms. The predicted octanol–water partition coefficient (Wildman–Crippen LogP) is 4.62. The molecular formula is C20H22BrN3O2S2. The summed E-state index contributed by atoms with van der Waals surface area (Å²) < 4.78 is 29.1. The van der Waals surface area contributed by atoms with Gasteiger partial charge in [-0.1, -0.05) is 33.6 Å². The van der Waals surface area contributed by atoms with E-state index >= 15 is 0 Å². The fraction of sp³-hybridized carbons (Fsp3) is 0.250. The van der Waals surface area contributed by atoms with Crippen LogP contribution in [-0.4, -0.2) is 31.4 Å². The average Bonchev–Trinajstić information content (AvgIpc) is 2.98. The number of aryl methyl sites for hydroxylation is 2. The summed E-state index contributed by atoms with van der Waals surface area (Å²) in [4.78, 5) is 5.90. The van der Waals surface area contributed by atoms with Gasteiger partial charge in [0.2, 0.25) is 10.0 Å². The van der Waals surface area contributed by atoms with E-state index in [1.807, 2.05) is 36.1 Å². The molecule has 148 valence electrons. The Balaban J connectivity index is 2.13. The number of nitrogens with zero attached hydrogens (tertiary/aromatic N) is 3. The molecule has 3 aromatic rings. The van der Waals surface area contributed by atoms with Crippen LogP contribution in [0.1, 0.15) is 11.1 Å². The van der Waals surface area contributed by atoms with Gasteiger partial charge < -0.3 is 4.57 Å². The van der Waals surface area contributed by atoms with Gasteiger partial charge in [0.15, 0.2) is 4.80 Å². The van der Waals surface area contributed by atoms with E-state index < -0.39 is 10.0 Å². The molecule has 0 aliphatic heterocycles. The Morgan fingerprint density at radius 2 is 1.82 bits per heavy atom. The quantitative estimate of drug-likeness (QED) is 0.548. The number of sulfonamides is 1. The standard InChI is InChI=1S/C20H22BrN3O2S2/c1-13-6-9-18(14(2)10-13)22-20-24(5)19(12-27-20)16-11-15(7-8-17(16)21)28(25,26)23(3)4/h6-12H,1-5H3. The molecule has 0 N–H and O–H groups in total. The van der Waals surface area contributed by atoms with E-state index in [0.717, 1.165) is 31.8 Å². The highest BCUT2D eigenvalue weighted by molar-refractivity contribution is 9.10. The Kier molecular flexibility index (Phi) is 5.95. The molecule has 0 atom stereocenters. The van der Waals surface area contributed by atoms with E-state index in [2.05, 4.69) is 28.9 Å². The molecule has 0 aliphatic rings. The summed E-state index contributed by atoms with van der Waals surface area (Å²) in [5.41, 5.74) is 4.96. The average molecular weight is 480 g/mol. The minimum absolute atomic E-state index is 0.259. The second-order valence-electron chi connectivity index (χ2n) is 6.79. The molecule has 0 unspecified atom stereocenters. The Morgan fingerprint density at radius 1 is 1.11 bits per heavy atom. The molecule has 1 heterocycles. The summed E-state index contributed by atoms with van der Waals surface area (Å²) in [5.74, 6) is 0. The van der Waals surface area contributed by atoms with Crippen LogP contribution in [0.5, 0.6) is 0 Å². The lowest BCUT2D eigenvalue weighted by Crippen LogP contribution is -2.22. The molecule has 0 aliphatic carbocycles. The summed E-state index contributed by atoms with van der Waals surface area (Å²) >= 11 is 5.08. The van der Waals surface area contributed by atoms with Crippen LogP contribution in [-0.2, 0) is 17.1 Å². The number of hydrogen-bond acceptors (Lipinski definition) is 4. The van der Waals surface area contributed by atoms with Gasteiger partial charge in [-0.3, -0.25) is 0 Å². The highest BCUT2D eigenvalue weighted by Gasteiger charge is 2.20. The van der Waals surface area contributed by atoms with Crippen molar-refractivity contribution in [3.63, 3.8) is 0 Å². The third-order valence-corrected chi connectivity index (χ3v) is 7.90.